The summed E-state index contributed by atoms with van der Waals surface area (Å²) in [5, 5.41) is 99.8. The van der Waals surface area contributed by atoms with Crippen molar-refractivity contribution in [2.24, 2.45) is 14.1 Å². The molecule has 0 aromatic carbocycles. The highest BCUT2D eigenvalue weighted by molar-refractivity contribution is 7.78. The Morgan fingerprint density at radius 1 is 0.744 bits per heavy atom. The van der Waals surface area contributed by atoms with Gasteiger partial charge in [-0.1, -0.05) is 12.2 Å². The quantitative estimate of drug-likeness (QED) is 0.0779. The van der Waals surface area contributed by atoms with E-state index in [9.17, 15) is 0 Å². The Kier molecular flexibility index (Phi) is 39.4. The predicted octanol–water partition coefficient (Wildman–Crippen LogP) is -5.22. The van der Waals surface area contributed by atoms with Gasteiger partial charge in [-0.25, -0.2) is 39.3 Å². The summed E-state index contributed by atoms with van der Waals surface area (Å²) in [4.78, 5) is 0. The van der Waals surface area contributed by atoms with Gasteiger partial charge in [0.15, 0.2) is 0 Å². The highest BCUT2D eigenvalue weighted by Gasteiger charge is 1.99. The summed E-state index contributed by atoms with van der Waals surface area (Å²) in [6.45, 7) is 6.36. The van der Waals surface area contributed by atoms with Gasteiger partial charge in [0, 0.05) is 5.97 Å². The monoisotopic (exact) mass is 563 g/mol. The zero-order chi connectivity index (χ0) is 31.8. The largest absolute Gasteiger partial charge is 0.844 e. The molecule has 0 fully saturated rings. The topological polar surface area (TPSA) is 300 Å². The van der Waals surface area contributed by atoms with E-state index in [0.29, 0.717) is 0 Å². The van der Waals surface area contributed by atoms with Gasteiger partial charge in [-0.3, -0.25) is 0 Å². The fraction of sp³-hybridized carbons (Fsp3) is 0.353. The minimum absolute atomic E-state index is 1.03. The zero-order valence-electron chi connectivity index (χ0n) is 21.7. The Hall–Kier alpha value is -3.88. The van der Waals surface area contributed by atoms with E-state index in [2.05, 4.69) is 60.2 Å². The molecule has 2 aromatic rings. The lowest BCUT2D eigenvalue weighted by molar-refractivity contribution is -0.671. The average molecular weight is 563 g/mol. The second-order valence-corrected chi connectivity index (χ2v) is 6.08. The fourth-order valence-corrected chi connectivity index (χ4v) is 1.38. The molecule has 0 aliphatic heterocycles. The molecule has 0 atom stereocenters. The summed E-state index contributed by atoms with van der Waals surface area (Å²) in [5.41, 5.74) is 0. The van der Waals surface area contributed by atoms with Crippen molar-refractivity contribution in [3.8, 4) is 23.9 Å². The molecular formula is C17H29B4N9O8S. The maximum atomic E-state index is 9.09. The van der Waals surface area contributed by atoms with Crippen LogP contribution in [0.3, 0.4) is 0 Å². The van der Waals surface area contributed by atoms with Crippen LogP contribution in [0.5, 0.6) is 0 Å². The van der Waals surface area contributed by atoms with Gasteiger partial charge in [-0.15, -0.1) is 0 Å². The number of rotatable bonds is 2. The van der Waals surface area contributed by atoms with Gasteiger partial charge in [0.25, 0.3) is 0 Å². The van der Waals surface area contributed by atoms with Crippen LogP contribution in [0.4, 0.5) is 0 Å². The molecular weight excluding hydrogens is 534 g/mol. The molecule has 0 aliphatic rings. The van der Waals surface area contributed by atoms with E-state index in [1.807, 2.05) is 35.6 Å². The lowest BCUT2D eigenvalue weighted by Gasteiger charge is -1.90. The second kappa shape index (κ2) is 34.1. The summed E-state index contributed by atoms with van der Waals surface area (Å²) in [6, 6.07) is 0. The summed E-state index contributed by atoms with van der Waals surface area (Å²) >= 11 is 3.70. The first-order valence-electron chi connectivity index (χ1n) is 10.2. The number of aryl methyl sites for hydroxylation is 4. The molecule has 17 nitrogen and oxygen atoms in total. The Bertz CT molecular complexity index is 926. The van der Waals surface area contributed by atoms with E-state index >= 15 is 0 Å². The SMILES string of the molecule is CCn1cc[n+](C)c1.CCn1cc[n+](C)c1.N#CB(O)O.N#CB(O)O.N#CB(O)O.N#CB([O-])O.[N-]=C=S. The Balaban J connectivity index is -0.000000118. The first-order valence-corrected chi connectivity index (χ1v) is 10.6. The van der Waals surface area contributed by atoms with Crippen LogP contribution in [-0.4, -0.2) is 77.9 Å². The lowest BCUT2D eigenvalue weighted by atomic mass is 9.97. The van der Waals surface area contributed by atoms with Crippen LogP contribution in [0.15, 0.2) is 37.4 Å². The van der Waals surface area contributed by atoms with E-state index in [4.69, 9.17) is 66.6 Å². The molecule has 0 radical (unpaired) electrons. The van der Waals surface area contributed by atoms with Crippen molar-refractivity contribution in [2.45, 2.75) is 26.9 Å². The van der Waals surface area contributed by atoms with E-state index in [0.717, 1.165) is 37.0 Å². The molecule has 22 heteroatoms. The molecule has 2 aromatic heterocycles. The summed E-state index contributed by atoms with van der Waals surface area (Å²) in [6.07, 6.45) is 12.3. The van der Waals surface area contributed by atoms with Crippen molar-refractivity contribution < 1.29 is 49.3 Å². The third-order valence-electron chi connectivity index (χ3n) is 2.83. The highest BCUT2D eigenvalue weighted by atomic mass is 32.1. The van der Waals surface area contributed by atoms with Crippen molar-refractivity contribution >= 4 is 45.9 Å². The molecule has 0 saturated heterocycles. The molecule has 2 heterocycles. The molecule has 208 valence electrons. The predicted molar refractivity (Wildman–Crippen MR) is 140 cm³/mol. The molecule has 0 saturated carbocycles. The van der Waals surface area contributed by atoms with Gasteiger partial charge in [0.2, 0.25) is 12.7 Å². The van der Waals surface area contributed by atoms with Gasteiger partial charge < -0.3 is 45.6 Å². The minimum Gasteiger partial charge on any atom is -0.844 e. The van der Waals surface area contributed by atoms with Gasteiger partial charge in [-0.05, 0) is 13.8 Å². The van der Waals surface area contributed by atoms with Gasteiger partial charge in [0.1, 0.15) is 24.8 Å². The van der Waals surface area contributed by atoms with Crippen LogP contribution in [0.25, 0.3) is 5.41 Å². The van der Waals surface area contributed by atoms with Crippen molar-refractivity contribution in [3.05, 3.63) is 42.9 Å². The van der Waals surface area contributed by atoms with Crippen molar-refractivity contribution in [3.63, 3.8) is 0 Å². The molecule has 39 heavy (non-hydrogen) atoms. The Morgan fingerprint density at radius 3 is 1.00 bits per heavy atom. The Labute approximate surface area is 233 Å². The van der Waals surface area contributed by atoms with Gasteiger partial charge in [-0.2, -0.15) is 5.16 Å². The molecule has 0 spiro atoms. The molecule has 0 bridgehead atoms. The van der Waals surface area contributed by atoms with E-state index in [-0.39, 0.29) is 0 Å². The molecule has 0 unspecified atom stereocenters. The number of thiocarbonyl (C=S) groups is 1. The summed E-state index contributed by atoms with van der Waals surface area (Å²) in [7, 11) is -3.45. The van der Waals surface area contributed by atoms with Crippen molar-refractivity contribution in [1.82, 2.24) is 9.13 Å². The van der Waals surface area contributed by atoms with Crippen molar-refractivity contribution in [2.75, 3.05) is 0 Å². The van der Waals surface area contributed by atoms with Crippen LogP contribution in [0.2, 0.25) is 0 Å². The first kappa shape index (κ1) is 45.1. The number of aromatic nitrogens is 4. The standard InChI is InChI=1S/2C6H11N2.3CH2BNO2.CHBNO2.CNS/c2*1-3-8-5-4-7(2)6-8;4*3-1-2(4)5;2-1-3/h2*4-6H,3H2,1-2H3;3*4-5H;4H;/q2*+1;;;;2*-1. The number of hydrogen-bond acceptors (Lipinski definition) is 13. The van der Waals surface area contributed by atoms with Crippen LogP contribution in [0.1, 0.15) is 13.8 Å². The van der Waals surface area contributed by atoms with E-state index in [1.165, 1.54) is 5.16 Å². The third-order valence-corrected chi connectivity index (χ3v) is 2.83. The first-order chi connectivity index (χ1) is 18.1. The summed E-state index contributed by atoms with van der Waals surface area (Å²) in [5.74, 6) is 4.44. The van der Waals surface area contributed by atoms with E-state index in [1.54, 1.807) is 0 Å². The molecule has 0 amide bonds. The van der Waals surface area contributed by atoms with Crippen LogP contribution in [0, 0.1) is 44.9 Å². The van der Waals surface area contributed by atoms with Crippen molar-refractivity contribution in [1.29, 1.82) is 21.0 Å². The second-order valence-electron chi connectivity index (χ2n) is 5.90. The fourth-order valence-electron chi connectivity index (χ4n) is 1.38. The average Bonchev–Trinajstić information content (AvgIpc) is 3.53. The molecule has 0 aliphatic carbocycles. The maximum absolute atomic E-state index is 9.09. The minimum atomic E-state index is -2.06. The molecule has 2 rings (SSSR count). The van der Waals surface area contributed by atoms with Gasteiger partial charge >= 0.3 is 28.5 Å². The smallest absolute Gasteiger partial charge is 0.573 e. The van der Waals surface area contributed by atoms with Crippen LogP contribution in [-0.2, 0) is 27.2 Å². The maximum Gasteiger partial charge on any atom is 0.573 e. The molecule has 7 N–H and O–H groups in total. The number of nitriles is 4. The highest BCUT2D eigenvalue weighted by Crippen LogP contribution is 1.80. The third kappa shape index (κ3) is 51.6. The normalized spacial score (nSPS) is 7.18. The number of hydrogen-bond donors (Lipinski definition) is 7. The summed E-state index contributed by atoms with van der Waals surface area (Å²) < 4.78 is 8.31. The zero-order valence-corrected chi connectivity index (χ0v) is 22.5. The van der Waals surface area contributed by atoms with Gasteiger partial charge in [0.05, 0.1) is 45.1 Å². The number of nitrogens with zero attached hydrogens (tertiary/aromatic N) is 9. The van der Waals surface area contributed by atoms with E-state index < -0.39 is 28.5 Å². The Morgan fingerprint density at radius 2 is 0.949 bits per heavy atom. The number of imidazole rings is 2. The van der Waals surface area contributed by atoms with Crippen LogP contribution < -0.4 is 14.2 Å². The number of isothiocyanates is 1. The van der Waals surface area contributed by atoms with Crippen LogP contribution >= 0.6 is 12.2 Å². The lowest BCUT2D eigenvalue weighted by Crippen LogP contribution is -2.27.